The van der Waals surface area contributed by atoms with Crippen molar-refractivity contribution >= 4 is 18.0 Å². The number of hydrogen-bond acceptors (Lipinski definition) is 2. The summed E-state index contributed by atoms with van der Waals surface area (Å²) in [6, 6.07) is 21.2. The molecule has 0 heterocycles. The molecular formula is C18H21NS. The molecule has 0 spiro atoms. The van der Waals surface area contributed by atoms with Crippen molar-refractivity contribution in [2.75, 3.05) is 5.75 Å². The lowest BCUT2D eigenvalue weighted by molar-refractivity contribution is 0.539. The van der Waals surface area contributed by atoms with Gasteiger partial charge in [-0.3, -0.25) is 4.99 Å². The van der Waals surface area contributed by atoms with Crippen molar-refractivity contribution in [2.45, 2.75) is 24.8 Å². The highest BCUT2D eigenvalue weighted by molar-refractivity contribution is 7.99. The minimum atomic E-state index is 0.348. The van der Waals surface area contributed by atoms with Crippen molar-refractivity contribution in [3.63, 3.8) is 0 Å². The molecule has 2 aromatic rings. The van der Waals surface area contributed by atoms with Gasteiger partial charge < -0.3 is 0 Å². The zero-order valence-electron chi connectivity index (χ0n) is 12.1. The molecule has 2 rings (SSSR count). The smallest absolute Gasteiger partial charge is 0.0616 e. The van der Waals surface area contributed by atoms with Crippen LogP contribution >= 0.6 is 11.8 Å². The lowest BCUT2D eigenvalue weighted by atomic mass is 10.1. The fourth-order valence-corrected chi connectivity index (χ4v) is 3.01. The van der Waals surface area contributed by atoms with E-state index in [1.54, 1.807) is 0 Å². The largest absolute Gasteiger partial charge is 0.288 e. The van der Waals surface area contributed by atoms with Gasteiger partial charge in [0.2, 0.25) is 0 Å². The molecule has 0 saturated carbocycles. The SMILES string of the molecule is CC(C)[C@@H](CSc1ccccc1)N=Cc1ccccc1. The van der Waals surface area contributed by atoms with Crippen LogP contribution in [0.3, 0.4) is 0 Å². The Morgan fingerprint density at radius 2 is 1.55 bits per heavy atom. The van der Waals surface area contributed by atoms with Crippen LogP contribution in [0.1, 0.15) is 19.4 Å². The molecule has 0 radical (unpaired) electrons. The van der Waals surface area contributed by atoms with Gasteiger partial charge in [-0.1, -0.05) is 62.4 Å². The van der Waals surface area contributed by atoms with Gasteiger partial charge in [0.1, 0.15) is 0 Å². The minimum absolute atomic E-state index is 0.348. The van der Waals surface area contributed by atoms with Crippen LogP contribution in [0, 0.1) is 5.92 Å². The standard InChI is InChI=1S/C18H21NS/c1-15(2)18(14-20-17-11-7-4-8-12-17)19-13-16-9-5-3-6-10-16/h3-13,15,18H,14H2,1-2H3/t18-/m1/s1. The van der Waals surface area contributed by atoms with Crippen molar-refractivity contribution in [2.24, 2.45) is 10.9 Å². The Kier molecular flexibility index (Phi) is 5.87. The van der Waals surface area contributed by atoms with Crippen LogP contribution in [0.2, 0.25) is 0 Å². The van der Waals surface area contributed by atoms with Crippen LogP contribution in [0.4, 0.5) is 0 Å². The molecule has 104 valence electrons. The fraction of sp³-hybridized carbons (Fsp3) is 0.278. The van der Waals surface area contributed by atoms with Gasteiger partial charge in [-0.05, 0) is 23.6 Å². The van der Waals surface area contributed by atoms with Gasteiger partial charge >= 0.3 is 0 Å². The Labute approximate surface area is 126 Å². The summed E-state index contributed by atoms with van der Waals surface area (Å²) in [5.74, 6) is 1.57. The Balaban J connectivity index is 1.96. The second-order valence-electron chi connectivity index (χ2n) is 5.12. The average Bonchev–Trinajstić information content (AvgIpc) is 2.49. The molecule has 0 saturated heterocycles. The first-order valence-corrected chi connectivity index (χ1v) is 8.00. The maximum absolute atomic E-state index is 4.76. The molecule has 0 aliphatic carbocycles. The molecule has 1 atom stereocenters. The number of hydrogen-bond donors (Lipinski definition) is 0. The summed E-state index contributed by atoms with van der Waals surface area (Å²) in [4.78, 5) is 6.08. The van der Waals surface area contributed by atoms with Gasteiger partial charge in [-0.15, -0.1) is 11.8 Å². The maximum atomic E-state index is 4.76. The van der Waals surface area contributed by atoms with Gasteiger partial charge in [-0.25, -0.2) is 0 Å². The van der Waals surface area contributed by atoms with Crippen LogP contribution in [0.25, 0.3) is 0 Å². The number of rotatable bonds is 6. The molecule has 0 aliphatic heterocycles. The third-order valence-electron chi connectivity index (χ3n) is 3.15. The van der Waals surface area contributed by atoms with E-state index in [0.29, 0.717) is 12.0 Å². The zero-order chi connectivity index (χ0) is 14.2. The van der Waals surface area contributed by atoms with Gasteiger partial charge in [0.05, 0.1) is 6.04 Å². The molecule has 0 fully saturated rings. The van der Waals surface area contributed by atoms with Crippen LogP contribution in [-0.2, 0) is 0 Å². The Morgan fingerprint density at radius 1 is 0.950 bits per heavy atom. The lowest BCUT2D eigenvalue weighted by Gasteiger charge is -2.16. The van der Waals surface area contributed by atoms with E-state index in [0.717, 1.165) is 5.75 Å². The lowest BCUT2D eigenvalue weighted by Crippen LogP contribution is -2.16. The van der Waals surface area contributed by atoms with E-state index < -0.39 is 0 Å². The molecule has 0 bridgehead atoms. The Bertz CT molecular complexity index is 520. The highest BCUT2D eigenvalue weighted by atomic mass is 32.2. The second-order valence-corrected chi connectivity index (χ2v) is 6.22. The van der Waals surface area contributed by atoms with Crippen LogP contribution in [-0.4, -0.2) is 18.0 Å². The van der Waals surface area contributed by atoms with Gasteiger partial charge in [0.15, 0.2) is 0 Å². The van der Waals surface area contributed by atoms with E-state index in [4.69, 9.17) is 4.99 Å². The number of nitrogens with zero attached hydrogens (tertiary/aromatic N) is 1. The maximum Gasteiger partial charge on any atom is 0.0616 e. The van der Waals surface area contributed by atoms with Crippen LogP contribution in [0.15, 0.2) is 70.6 Å². The molecule has 0 aliphatic rings. The molecule has 1 nitrogen and oxygen atoms in total. The van der Waals surface area contributed by atoms with E-state index in [2.05, 4.69) is 56.3 Å². The summed E-state index contributed by atoms with van der Waals surface area (Å²) in [6.07, 6.45) is 2.00. The highest BCUT2D eigenvalue weighted by Gasteiger charge is 2.11. The zero-order valence-corrected chi connectivity index (χ0v) is 12.9. The molecule has 2 aromatic carbocycles. The van der Waals surface area contributed by atoms with E-state index >= 15 is 0 Å². The monoisotopic (exact) mass is 283 g/mol. The molecule has 0 aromatic heterocycles. The quantitative estimate of drug-likeness (QED) is 0.541. The van der Waals surface area contributed by atoms with Crippen molar-refractivity contribution in [3.05, 3.63) is 66.2 Å². The molecule has 0 N–H and O–H groups in total. The van der Waals surface area contributed by atoms with Gasteiger partial charge in [0.25, 0.3) is 0 Å². The summed E-state index contributed by atoms with van der Waals surface area (Å²) >= 11 is 1.88. The number of aliphatic imine (C=N–C) groups is 1. The average molecular weight is 283 g/mol. The first-order valence-electron chi connectivity index (χ1n) is 7.02. The predicted molar refractivity (Wildman–Crippen MR) is 89.8 cm³/mol. The van der Waals surface area contributed by atoms with Crippen LogP contribution < -0.4 is 0 Å². The number of benzene rings is 2. The van der Waals surface area contributed by atoms with E-state index in [1.807, 2.05) is 36.2 Å². The van der Waals surface area contributed by atoms with Gasteiger partial charge in [-0.2, -0.15) is 0 Å². The minimum Gasteiger partial charge on any atom is -0.288 e. The topological polar surface area (TPSA) is 12.4 Å². The molecule has 20 heavy (non-hydrogen) atoms. The fourth-order valence-electron chi connectivity index (χ4n) is 1.83. The van der Waals surface area contributed by atoms with Crippen molar-refractivity contribution < 1.29 is 0 Å². The normalized spacial score (nSPS) is 12.9. The summed E-state index contributed by atoms with van der Waals surface area (Å²) in [5, 5.41) is 0. The van der Waals surface area contributed by atoms with E-state index in [9.17, 15) is 0 Å². The van der Waals surface area contributed by atoms with Crippen LogP contribution in [0.5, 0.6) is 0 Å². The molecule has 2 heteroatoms. The summed E-state index contributed by atoms with van der Waals surface area (Å²) < 4.78 is 0. The van der Waals surface area contributed by atoms with E-state index in [-0.39, 0.29) is 0 Å². The molecular weight excluding hydrogens is 262 g/mol. The predicted octanol–water partition coefficient (Wildman–Crippen LogP) is 4.92. The molecule has 0 unspecified atom stereocenters. The third kappa shape index (κ3) is 4.86. The number of thioether (sulfide) groups is 1. The Morgan fingerprint density at radius 3 is 2.15 bits per heavy atom. The molecule has 0 amide bonds. The summed E-state index contributed by atoms with van der Waals surface area (Å²) in [7, 11) is 0. The van der Waals surface area contributed by atoms with E-state index in [1.165, 1.54) is 10.5 Å². The highest BCUT2D eigenvalue weighted by Crippen LogP contribution is 2.21. The van der Waals surface area contributed by atoms with Crippen molar-refractivity contribution in [1.29, 1.82) is 0 Å². The first-order chi connectivity index (χ1) is 9.75. The summed E-state index contributed by atoms with van der Waals surface area (Å²) in [6.45, 7) is 4.47. The first kappa shape index (κ1) is 14.9. The second kappa shape index (κ2) is 7.91. The van der Waals surface area contributed by atoms with Gasteiger partial charge in [0, 0.05) is 16.9 Å². The summed E-state index contributed by atoms with van der Waals surface area (Å²) in [5.41, 5.74) is 1.17. The third-order valence-corrected chi connectivity index (χ3v) is 4.26. The Hall–Kier alpha value is -1.54. The van der Waals surface area contributed by atoms with Crippen molar-refractivity contribution in [1.82, 2.24) is 0 Å². The van der Waals surface area contributed by atoms with Crippen molar-refractivity contribution in [3.8, 4) is 0 Å².